The first-order valence-electron chi connectivity index (χ1n) is 13.7. The van der Waals surface area contributed by atoms with Crippen LogP contribution < -0.4 is 0 Å². The van der Waals surface area contributed by atoms with Crippen molar-refractivity contribution in [3.8, 4) is 0 Å². The lowest BCUT2D eigenvalue weighted by molar-refractivity contribution is -0.211. The van der Waals surface area contributed by atoms with Gasteiger partial charge in [-0.25, -0.2) is 0 Å². The van der Waals surface area contributed by atoms with Gasteiger partial charge in [-0.1, -0.05) is 41.6 Å². The van der Waals surface area contributed by atoms with Crippen LogP contribution in [0.1, 0.15) is 49.3 Å². The number of rotatable bonds is 4. The smallest absolute Gasteiger partial charge is 0.257 e. The first-order valence-corrected chi connectivity index (χ1v) is 13.7. The van der Waals surface area contributed by atoms with Gasteiger partial charge < -0.3 is 33.5 Å². The quantitative estimate of drug-likeness (QED) is 0.235. The minimum Gasteiger partial charge on any atom is -0.411 e. The molecule has 0 saturated carbocycles. The van der Waals surface area contributed by atoms with E-state index < -0.39 is 18.1 Å². The number of hydrogen-bond donors (Lipinski definition) is 1. The molecule has 9 heteroatoms. The second-order valence-corrected chi connectivity index (χ2v) is 11.4. The molecule has 5 aromatic rings. The van der Waals surface area contributed by atoms with Crippen molar-refractivity contribution in [2.75, 3.05) is 13.8 Å². The van der Waals surface area contributed by atoms with Gasteiger partial charge in [0, 0.05) is 41.6 Å². The van der Waals surface area contributed by atoms with Crippen LogP contribution in [0.2, 0.25) is 0 Å². The van der Waals surface area contributed by atoms with E-state index in [0.717, 1.165) is 54.7 Å². The number of ether oxygens (including phenoxy) is 3. The van der Waals surface area contributed by atoms with Crippen LogP contribution in [0.15, 0.2) is 53.7 Å². The summed E-state index contributed by atoms with van der Waals surface area (Å²) in [7, 11) is 1.62. The summed E-state index contributed by atoms with van der Waals surface area (Å²) < 4.78 is 23.3. The summed E-state index contributed by atoms with van der Waals surface area (Å²) in [6.07, 6.45) is -0.732. The van der Waals surface area contributed by atoms with Crippen molar-refractivity contribution in [2.45, 2.75) is 57.9 Å². The normalized spacial score (nSPS) is 25.0. The number of aromatic nitrogens is 2. The number of oxime groups is 1. The average Bonchev–Trinajstić information content (AvgIpc) is 3.57. The van der Waals surface area contributed by atoms with Gasteiger partial charge in [0.15, 0.2) is 5.72 Å². The van der Waals surface area contributed by atoms with Crippen LogP contribution in [0, 0.1) is 0 Å². The molecule has 5 heterocycles. The lowest BCUT2D eigenvalue weighted by Crippen LogP contribution is -2.54. The number of nitrogens with zero attached hydrogens (tertiary/aromatic N) is 4. The number of benzene rings is 3. The van der Waals surface area contributed by atoms with Crippen molar-refractivity contribution in [3.05, 3.63) is 59.7 Å². The largest absolute Gasteiger partial charge is 0.411 e. The molecule has 2 aromatic heterocycles. The third-order valence-electron chi connectivity index (χ3n) is 8.92. The molecule has 1 fully saturated rings. The lowest BCUT2D eigenvalue weighted by Gasteiger charge is -2.44. The summed E-state index contributed by atoms with van der Waals surface area (Å²) in [6.45, 7) is 6.65. The molecule has 204 valence electrons. The second-order valence-electron chi connectivity index (χ2n) is 11.4. The molecule has 2 bridgehead atoms. The minimum absolute atomic E-state index is 0.0100. The van der Waals surface area contributed by atoms with Gasteiger partial charge in [0.25, 0.3) is 5.91 Å². The molecule has 1 amide bonds. The fourth-order valence-corrected chi connectivity index (χ4v) is 7.45. The molecule has 0 radical (unpaired) electrons. The SMILES string of the molecule is COC1C(=NO)CC2OC1(C)n1c3ccccc3c3c4c(c5c6ccccc6n2c5c31)C(=O)N(COC(C)C)C4. The number of carbonyl (C=O) groups excluding carboxylic acids is 1. The molecule has 8 rings (SSSR count). The van der Waals surface area contributed by atoms with Gasteiger partial charge in [0.05, 0.1) is 39.4 Å². The van der Waals surface area contributed by atoms with E-state index in [2.05, 4.69) is 38.6 Å². The highest BCUT2D eigenvalue weighted by Crippen LogP contribution is 2.53. The Bertz CT molecular complexity index is 1930. The highest BCUT2D eigenvalue weighted by atomic mass is 16.6. The Morgan fingerprint density at radius 3 is 2.48 bits per heavy atom. The van der Waals surface area contributed by atoms with Gasteiger partial charge in [-0.3, -0.25) is 4.79 Å². The molecule has 3 aliphatic rings. The molecule has 0 spiro atoms. The number of amides is 1. The third-order valence-corrected chi connectivity index (χ3v) is 8.92. The topological polar surface area (TPSA) is 90.4 Å². The van der Waals surface area contributed by atoms with E-state index in [1.165, 1.54) is 0 Å². The summed E-state index contributed by atoms with van der Waals surface area (Å²) in [5.74, 6) is -0.0241. The monoisotopic (exact) mass is 538 g/mol. The Morgan fingerprint density at radius 1 is 1.07 bits per heavy atom. The Kier molecular flexibility index (Phi) is 4.82. The highest BCUT2D eigenvalue weighted by molar-refractivity contribution is 6.31. The van der Waals surface area contributed by atoms with E-state index in [0.29, 0.717) is 18.7 Å². The maximum Gasteiger partial charge on any atom is 0.257 e. The highest BCUT2D eigenvalue weighted by Gasteiger charge is 2.52. The first kappa shape index (κ1) is 23.9. The van der Waals surface area contributed by atoms with Crippen LogP contribution in [0.4, 0.5) is 0 Å². The third kappa shape index (κ3) is 2.77. The summed E-state index contributed by atoms with van der Waals surface area (Å²) >= 11 is 0. The van der Waals surface area contributed by atoms with Gasteiger partial charge in [0.2, 0.25) is 0 Å². The van der Waals surface area contributed by atoms with E-state index in [-0.39, 0.29) is 18.7 Å². The zero-order valence-electron chi connectivity index (χ0n) is 22.8. The summed E-state index contributed by atoms with van der Waals surface area (Å²) in [4.78, 5) is 16.0. The predicted octanol–water partition coefficient (Wildman–Crippen LogP) is 5.69. The van der Waals surface area contributed by atoms with Gasteiger partial charge in [0.1, 0.15) is 19.1 Å². The van der Waals surface area contributed by atoms with E-state index >= 15 is 0 Å². The minimum atomic E-state index is -1.02. The van der Waals surface area contributed by atoms with Crippen LogP contribution in [0.25, 0.3) is 43.6 Å². The van der Waals surface area contributed by atoms with Gasteiger partial charge in [-0.15, -0.1) is 0 Å². The molecule has 40 heavy (non-hydrogen) atoms. The van der Waals surface area contributed by atoms with Crippen molar-refractivity contribution in [1.82, 2.24) is 14.0 Å². The maximum atomic E-state index is 14.2. The summed E-state index contributed by atoms with van der Waals surface area (Å²) in [5, 5.41) is 17.9. The lowest BCUT2D eigenvalue weighted by atomic mass is 9.95. The van der Waals surface area contributed by atoms with Crippen molar-refractivity contribution in [2.24, 2.45) is 5.16 Å². The molecule has 1 N–H and O–H groups in total. The zero-order valence-corrected chi connectivity index (χ0v) is 22.8. The fraction of sp³-hybridized carbons (Fsp3) is 0.355. The zero-order chi connectivity index (χ0) is 27.5. The van der Waals surface area contributed by atoms with Crippen molar-refractivity contribution < 1.29 is 24.2 Å². The molecular formula is C31H30N4O5. The Hall–Kier alpha value is -3.92. The fourth-order valence-electron chi connectivity index (χ4n) is 7.45. The first-order chi connectivity index (χ1) is 19.4. The van der Waals surface area contributed by atoms with Gasteiger partial charge in [-0.05, 0) is 38.5 Å². The Morgan fingerprint density at radius 2 is 1.77 bits per heavy atom. The second kappa shape index (κ2) is 8.06. The number of hydrogen-bond acceptors (Lipinski definition) is 6. The van der Waals surface area contributed by atoms with Gasteiger partial charge >= 0.3 is 0 Å². The molecule has 3 atom stereocenters. The standard InChI is InChI=1S/C31H30N4O5/c1-16(2)39-15-33-14-19-24-18-10-6-8-12-22(18)35-28(24)27-25(26(19)30(33)36)17-9-5-7-11-21(17)34(27)23-13-20(32-37)29(38-4)31(35,3)40-23/h5-12,16,23,29,37H,13-15H2,1-4H3. The molecule has 9 nitrogen and oxygen atoms in total. The predicted molar refractivity (Wildman–Crippen MR) is 152 cm³/mol. The Balaban J connectivity index is 1.61. The molecular weight excluding hydrogens is 508 g/mol. The van der Waals surface area contributed by atoms with Crippen molar-refractivity contribution in [3.63, 3.8) is 0 Å². The van der Waals surface area contributed by atoms with Crippen LogP contribution in [-0.4, -0.2) is 56.9 Å². The number of carbonyl (C=O) groups is 1. The molecule has 3 aliphatic heterocycles. The maximum absolute atomic E-state index is 14.2. The van der Waals surface area contributed by atoms with Crippen molar-refractivity contribution in [1.29, 1.82) is 0 Å². The van der Waals surface area contributed by atoms with Crippen LogP contribution in [0.5, 0.6) is 0 Å². The molecule has 3 aromatic carbocycles. The van der Waals surface area contributed by atoms with E-state index in [9.17, 15) is 10.0 Å². The summed E-state index contributed by atoms with van der Waals surface area (Å²) in [5.41, 5.74) is 5.12. The number of fused-ring (bicyclic) bond motifs is 13. The van der Waals surface area contributed by atoms with Crippen molar-refractivity contribution >= 4 is 55.2 Å². The van der Waals surface area contributed by atoms with E-state index in [1.807, 2.05) is 45.0 Å². The molecule has 3 unspecified atom stereocenters. The summed E-state index contributed by atoms with van der Waals surface area (Å²) in [6, 6.07) is 16.4. The van der Waals surface area contributed by atoms with Crippen LogP contribution in [-0.2, 0) is 26.5 Å². The average molecular weight is 539 g/mol. The van der Waals surface area contributed by atoms with E-state index in [4.69, 9.17) is 14.2 Å². The van der Waals surface area contributed by atoms with Gasteiger partial charge in [-0.2, -0.15) is 0 Å². The van der Waals surface area contributed by atoms with Crippen LogP contribution >= 0.6 is 0 Å². The molecule has 0 aliphatic carbocycles. The van der Waals surface area contributed by atoms with Crippen LogP contribution in [0.3, 0.4) is 0 Å². The number of para-hydroxylation sites is 2. The Labute approximate surface area is 230 Å². The van der Waals surface area contributed by atoms with E-state index in [1.54, 1.807) is 12.0 Å². The molecule has 1 saturated heterocycles. The number of methoxy groups -OCH3 is 1.